The van der Waals surface area contributed by atoms with Gasteiger partial charge in [-0.15, -0.1) is 0 Å². The third kappa shape index (κ3) is 3.03. The lowest BCUT2D eigenvalue weighted by atomic mass is 10.1. The number of halogens is 3. The Morgan fingerprint density at radius 2 is 2.11 bits per heavy atom. The zero-order valence-electron chi connectivity index (χ0n) is 9.92. The first kappa shape index (κ1) is 12.9. The monoisotopic (exact) mass is 257 g/mol. The number of nitrogens with one attached hydrogen (secondary N) is 1. The summed E-state index contributed by atoms with van der Waals surface area (Å²) in [5.74, 6) is 0.363. The van der Waals surface area contributed by atoms with E-state index in [-0.39, 0.29) is 18.4 Å². The van der Waals surface area contributed by atoms with Crippen molar-refractivity contribution in [3.05, 3.63) is 35.4 Å². The summed E-state index contributed by atoms with van der Waals surface area (Å²) in [5, 5.41) is 2.66. The average Bonchev–Trinajstić information content (AvgIpc) is 3.03. The molecule has 1 saturated carbocycles. The molecule has 0 radical (unpaired) electrons. The van der Waals surface area contributed by atoms with Crippen molar-refractivity contribution in [2.45, 2.75) is 26.1 Å². The highest BCUT2D eigenvalue weighted by Gasteiger charge is 2.38. The molecule has 1 fully saturated rings. The largest absolute Gasteiger partial charge is 0.416 e. The van der Waals surface area contributed by atoms with Crippen molar-refractivity contribution >= 4 is 5.91 Å². The first-order chi connectivity index (χ1) is 8.38. The summed E-state index contributed by atoms with van der Waals surface area (Å²) in [7, 11) is 0. The zero-order valence-corrected chi connectivity index (χ0v) is 9.92. The third-order valence-electron chi connectivity index (χ3n) is 3.17. The van der Waals surface area contributed by atoms with E-state index >= 15 is 0 Å². The summed E-state index contributed by atoms with van der Waals surface area (Å²) in [6.45, 7) is 2.13. The molecule has 1 aromatic rings. The summed E-state index contributed by atoms with van der Waals surface area (Å²) in [5.41, 5.74) is -0.222. The molecule has 1 N–H and O–H groups in total. The molecule has 18 heavy (non-hydrogen) atoms. The van der Waals surface area contributed by atoms with E-state index in [0.717, 1.165) is 18.6 Å². The lowest BCUT2D eigenvalue weighted by molar-refractivity contribution is -0.137. The van der Waals surface area contributed by atoms with Crippen LogP contribution in [0.1, 0.15) is 24.5 Å². The SMILES string of the molecule is CC1CC1C(=O)NCc1cccc(C(F)(F)F)c1. The fourth-order valence-electron chi connectivity index (χ4n) is 1.87. The predicted octanol–water partition coefficient (Wildman–Crippen LogP) is 2.98. The Hall–Kier alpha value is -1.52. The van der Waals surface area contributed by atoms with E-state index in [1.54, 1.807) is 6.07 Å². The maximum absolute atomic E-state index is 12.5. The number of alkyl halides is 3. The van der Waals surface area contributed by atoms with Crippen LogP contribution in [0, 0.1) is 11.8 Å². The van der Waals surface area contributed by atoms with Crippen LogP contribution in [0.4, 0.5) is 13.2 Å². The number of hydrogen-bond acceptors (Lipinski definition) is 1. The van der Waals surface area contributed by atoms with Crippen molar-refractivity contribution < 1.29 is 18.0 Å². The first-order valence-corrected chi connectivity index (χ1v) is 5.82. The Morgan fingerprint density at radius 3 is 2.67 bits per heavy atom. The Labute approximate surface area is 103 Å². The van der Waals surface area contributed by atoms with Gasteiger partial charge >= 0.3 is 6.18 Å². The minimum absolute atomic E-state index is 0.0378. The van der Waals surface area contributed by atoms with Gasteiger partial charge in [0.25, 0.3) is 0 Å². The summed E-state index contributed by atoms with van der Waals surface area (Å²) in [6, 6.07) is 5.01. The van der Waals surface area contributed by atoms with Crippen LogP contribution in [0.3, 0.4) is 0 Å². The molecule has 1 aliphatic carbocycles. The van der Waals surface area contributed by atoms with E-state index < -0.39 is 11.7 Å². The van der Waals surface area contributed by atoms with Crippen LogP contribution in [0.15, 0.2) is 24.3 Å². The normalized spacial score (nSPS) is 22.7. The lowest BCUT2D eigenvalue weighted by Gasteiger charge is -2.09. The number of amides is 1. The molecule has 0 aromatic heterocycles. The second kappa shape index (κ2) is 4.63. The van der Waals surface area contributed by atoms with Crippen LogP contribution >= 0.6 is 0 Å². The van der Waals surface area contributed by atoms with Gasteiger partial charge in [-0.1, -0.05) is 19.1 Å². The summed E-state index contributed by atoms with van der Waals surface area (Å²) in [6.07, 6.45) is -3.47. The maximum Gasteiger partial charge on any atom is 0.416 e. The summed E-state index contributed by atoms with van der Waals surface area (Å²) < 4.78 is 37.4. The van der Waals surface area contributed by atoms with E-state index in [0.29, 0.717) is 11.5 Å². The van der Waals surface area contributed by atoms with Crippen molar-refractivity contribution in [2.75, 3.05) is 0 Å². The Kier molecular flexibility index (Phi) is 3.32. The van der Waals surface area contributed by atoms with Crippen molar-refractivity contribution in [2.24, 2.45) is 11.8 Å². The van der Waals surface area contributed by atoms with Gasteiger partial charge in [0.15, 0.2) is 0 Å². The fraction of sp³-hybridized carbons (Fsp3) is 0.462. The first-order valence-electron chi connectivity index (χ1n) is 5.82. The summed E-state index contributed by atoms with van der Waals surface area (Å²) in [4.78, 5) is 11.5. The minimum atomic E-state index is -4.34. The molecule has 0 spiro atoms. The topological polar surface area (TPSA) is 29.1 Å². The standard InChI is InChI=1S/C13H14F3NO/c1-8-5-11(8)12(18)17-7-9-3-2-4-10(6-9)13(14,15)16/h2-4,6,8,11H,5,7H2,1H3,(H,17,18). The van der Waals surface area contributed by atoms with Gasteiger partial charge in [0.1, 0.15) is 0 Å². The van der Waals surface area contributed by atoms with Crippen LogP contribution in [0.25, 0.3) is 0 Å². The van der Waals surface area contributed by atoms with Gasteiger partial charge in [-0.2, -0.15) is 13.2 Å². The molecule has 98 valence electrons. The molecular weight excluding hydrogens is 243 g/mol. The molecule has 1 aliphatic rings. The number of rotatable bonds is 3. The highest BCUT2D eigenvalue weighted by molar-refractivity contribution is 5.81. The molecule has 0 saturated heterocycles. The van der Waals surface area contributed by atoms with Crippen molar-refractivity contribution in [1.82, 2.24) is 5.32 Å². The number of carbonyl (C=O) groups excluding carboxylic acids is 1. The highest BCUT2D eigenvalue weighted by Crippen LogP contribution is 2.37. The molecule has 1 amide bonds. The fourth-order valence-corrected chi connectivity index (χ4v) is 1.87. The smallest absolute Gasteiger partial charge is 0.352 e. The molecule has 1 aromatic carbocycles. The molecule has 2 unspecified atom stereocenters. The van der Waals surface area contributed by atoms with Gasteiger partial charge in [-0.3, -0.25) is 4.79 Å². The van der Waals surface area contributed by atoms with E-state index in [9.17, 15) is 18.0 Å². The maximum atomic E-state index is 12.5. The number of benzene rings is 1. The van der Waals surface area contributed by atoms with E-state index in [1.807, 2.05) is 6.92 Å². The molecule has 5 heteroatoms. The quantitative estimate of drug-likeness (QED) is 0.886. The molecule has 2 atom stereocenters. The van der Waals surface area contributed by atoms with Gasteiger partial charge < -0.3 is 5.32 Å². The molecule has 0 bridgehead atoms. The molecular formula is C13H14F3NO. The van der Waals surface area contributed by atoms with Gasteiger partial charge in [-0.25, -0.2) is 0 Å². The van der Waals surface area contributed by atoms with Crippen LogP contribution in [-0.4, -0.2) is 5.91 Å². The van der Waals surface area contributed by atoms with Crippen molar-refractivity contribution in [1.29, 1.82) is 0 Å². The van der Waals surface area contributed by atoms with E-state index in [4.69, 9.17) is 0 Å². The van der Waals surface area contributed by atoms with Crippen molar-refractivity contribution in [3.63, 3.8) is 0 Å². The highest BCUT2D eigenvalue weighted by atomic mass is 19.4. The third-order valence-corrected chi connectivity index (χ3v) is 3.17. The predicted molar refractivity (Wildman–Crippen MR) is 60.6 cm³/mol. The molecule has 0 aliphatic heterocycles. The van der Waals surface area contributed by atoms with Crippen LogP contribution < -0.4 is 5.32 Å². The van der Waals surface area contributed by atoms with Gasteiger partial charge in [-0.05, 0) is 30.0 Å². The molecule has 0 heterocycles. The minimum Gasteiger partial charge on any atom is -0.352 e. The second-order valence-corrected chi connectivity index (χ2v) is 4.74. The molecule has 2 rings (SSSR count). The Balaban J connectivity index is 1.95. The van der Waals surface area contributed by atoms with Crippen LogP contribution in [-0.2, 0) is 17.5 Å². The van der Waals surface area contributed by atoms with Crippen LogP contribution in [0.2, 0.25) is 0 Å². The average molecular weight is 257 g/mol. The second-order valence-electron chi connectivity index (χ2n) is 4.74. The van der Waals surface area contributed by atoms with E-state index in [1.165, 1.54) is 6.07 Å². The zero-order chi connectivity index (χ0) is 13.3. The van der Waals surface area contributed by atoms with Crippen molar-refractivity contribution in [3.8, 4) is 0 Å². The summed E-state index contributed by atoms with van der Waals surface area (Å²) >= 11 is 0. The Bertz CT molecular complexity index is 456. The number of hydrogen-bond donors (Lipinski definition) is 1. The van der Waals surface area contributed by atoms with Gasteiger partial charge in [0, 0.05) is 12.5 Å². The molecule has 2 nitrogen and oxygen atoms in total. The van der Waals surface area contributed by atoms with Gasteiger partial charge in [0.2, 0.25) is 5.91 Å². The Morgan fingerprint density at radius 1 is 1.44 bits per heavy atom. The lowest BCUT2D eigenvalue weighted by Crippen LogP contribution is -2.25. The van der Waals surface area contributed by atoms with Gasteiger partial charge in [0.05, 0.1) is 5.56 Å². The van der Waals surface area contributed by atoms with Crippen LogP contribution in [0.5, 0.6) is 0 Å². The number of carbonyl (C=O) groups is 1. The van der Waals surface area contributed by atoms with E-state index in [2.05, 4.69) is 5.32 Å².